The van der Waals surface area contributed by atoms with Gasteiger partial charge in [-0.05, 0) is 18.1 Å². The smallest absolute Gasteiger partial charge is 0.132 e. The number of nitrogens with zero attached hydrogens (tertiary/aromatic N) is 2. The second-order valence-electron chi connectivity index (χ2n) is 5.33. The van der Waals surface area contributed by atoms with Gasteiger partial charge in [0.2, 0.25) is 0 Å². The van der Waals surface area contributed by atoms with Gasteiger partial charge in [0.05, 0.1) is 12.9 Å². The summed E-state index contributed by atoms with van der Waals surface area (Å²) in [5.74, 6) is 0. The first-order chi connectivity index (χ1) is 10.2. The van der Waals surface area contributed by atoms with Crippen molar-refractivity contribution in [1.82, 2.24) is 9.55 Å². The lowest BCUT2D eigenvalue weighted by Crippen LogP contribution is -2.32. The molecule has 0 spiro atoms. The molecular weight excluding hydrogens is 260 g/mol. The van der Waals surface area contributed by atoms with Crippen molar-refractivity contribution < 1.29 is 5.11 Å². The number of imidazole rings is 1. The molecule has 0 amide bonds. The number of hydrogen-bond acceptors (Lipinski definition) is 2. The molecule has 0 aliphatic rings. The molecule has 106 valence electrons. The summed E-state index contributed by atoms with van der Waals surface area (Å²) in [6, 6.07) is 17.8. The first-order valence-electron chi connectivity index (χ1n) is 6.99. The maximum absolute atomic E-state index is 11.4. The average molecular weight is 278 g/mol. The van der Waals surface area contributed by atoms with Crippen LogP contribution in [0.4, 0.5) is 0 Å². The molecule has 3 aromatic rings. The number of rotatable bonds is 4. The molecule has 0 fully saturated rings. The Morgan fingerprint density at radius 3 is 2.29 bits per heavy atom. The minimum atomic E-state index is -1.07. The molecule has 3 rings (SSSR count). The van der Waals surface area contributed by atoms with Crippen molar-refractivity contribution >= 4 is 0 Å². The minimum Gasteiger partial charge on any atom is -0.378 e. The van der Waals surface area contributed by atoms with Crippen LogP contribution >= 0.6 is 0 Å². The molecule has 0 aliphatic carbocycles. The summed E-state index contributed by atoms with van der Waals surface area (Å²) in [5, 5.41) is 11.4. The molecule has 1 heterocycles. The Bertz CT molecular complexity index is 690. The van der Waals surface area contributed by atoms with Crippen LogP contribution in [0, 0.1) is 6.92 Å². The molecule has 0 saturated carbocycles. The van der Waals surface area contributed by atoms with Gasteiger partial charge < -0.3 is 9.67 Å². The van der Waals surface area contributed by atoms with E-state index in [1.165, 1.54) is 5.56 Å². The Morgan fingerprint density at radius 1 is 1.00 bits per heavy atom. The van der Waals surface area contributed by atoms with Crippen molar-refractivity contribution in [2.45, 2.75) is 19.1 Å². The average Bonchev–Trinajstić information content (AvgIpc) is 3.01. The fraction of sp³-hybridized carbons (Fsp3) is 0.167. The molecule has 2 aromatic carbocycles. The second-order valence-corrected chi connectivity index (χ2v) is 5.33. The third-order valence-corrected chi connectivity index (χ3v) is 3.75. The van der Waals surface area contributed by atoms with Gasteiger partial charge in [-0.15, -0.1) is 0 Å². The zero-order valence-electron chi connectivity index (χ0n) is 12.0. The quantitative estimate of drug-likeness (QED) is 0.796. The third kappa shape index (κ3) is 2.73. The Kier molecular flexibility index (Phi) is 3.59. The van der Waals surface area contributed by atoms with Gasteiger partial charge in [0.25, 0.3) is 0 Å². The van der Waals surface area contributed by atoms with Gasteiger partial charge in [0, 0.05) is 12.4 Å². The van der Waals surface area contributed by atoms with Crippen molar-refractivity contribution in [3.8, 4) is 0 Å². The van der Waals surface area contributed by atoms with E-state index in [9.17, 15) is 5.11 Å². The van der Waals surface area contributed by atoms with E-state index in [2.05, 4.69) is 4.98 Å². The highest BCUT2D eigenvalue weighted by Gasteiger charge is 2.31. The van der Waals surface area contributed by atoms with Gasteiger partial charge in [-0.3, -0.25) is 0 Å². The second kappa shape index (κ2) is 5.54. The third-order valence-electron chi connectivity index (χ3n) is 3.75. The summed E-state index contributed by atoms with van der Waals surface area (Å²) in [4.78, 5) is 4.06. The molecule has 1 atom stereocenters. The highest BCUT2D eigenvalue weighted by molar-refractivity contribution is 5.37. The van der Waals surface area contributed by atoms with Crippen LogP contribution in [0.15, 0.2) is 73.3 Å². The molecule has 0 saturated heterocycles. The van der Waals surface area contributed by atoms with Crippen molar-refractivity contribution in [2.75, 3.05) is 0 Å². The SMILES string of the molecule is Cc1ccc([C@@](O)(Cn2ccnc2)c2ccccc2)cc1. The first-order valence-corrected chi connectivity index (χ1v) is 6.99. The number of aliphatic hydroxyl groups is 1. The first kappa shape index (κ1) is 13.6. The van der Waals surface area contributed by atoms with E-state index in [1.54, 1.807) is 12.5 Å². The van der Waals surface area contributed by atoms with Crippen molar-refractivity contribution in [3.05, 3.63) is 90.0 Å². The maximum Gasteiger partial charge on any atom is 0.132 e. The fourth-order valence-corrected chi connectivity index (χ4v) is 2.54. The lowest BCUT2D eigenvalue weighted by molar-refractivity contribution is 0.0612. The maximum atomic E-state index is 11.4. The van der Waals surface area contributed by atoms with E-state index >= 15 is 0 Å². The zero-order chi connectivity index (χ0) is 14.7. The van der Waals surface area contributed by atoms with Crippen LogP contribution in [0.1, 0.15) is 16.7 Å². The van der Waals surface area contributed by atoms with Crippen molar-refractivity contribution in [3.63, 3.8) is 0 Å². The van der Waals surface area contributed by atoms with Crippen LogP contribution in [0.5, 0.6) is 0 Å². The molecule has 0 radical (unpaired) electrons. The highest BCUT2D eigenvalue weighted by atomic mass is 16.3. The molecule has 0 aliphatic heterocycles. The largest absolute Gasteiger partial charge is 0.378 e. The molecular formula is C18H18N2O. The predicted molar refractivity (Wildman–Crippen MR) is 82.8 cm³/mol. The summed E-state index contributed by atoms with van der Waals surface area (Å²) < 4.78 is 1.90. The van der Waals surface area contributed by atoms with Crippen LogP contribution in [-0.4, -0.2) is 14.7 Å². The van der Waals surface area contributed by atoms with E-state index in [1.807, 2.05) is 72.3 Å². The van der Waals surface area contributed by atoms with Crippen LogP contribution in [-0.2, 0) is 12.1 Å². The number of benzene rings is 2. The molecule has 1 aromatic heterocycles. The Balaban J connectivity index is 2.08. The molecule has 1 N–H and O–H groups in total. The van der Waals surface area contributed by atoms with Gasteiger partial charge in [-0.2, -0.15) is 0 Å². The van der Waals surface area contributed by atoms with Crippen molar-refractivity contribution in [1.29, 1.82) is 0 Å². The van der Waals surface area contributed by atoms with E-state index in [-0.39, 0.29) is 0 Å². The monoisotopic (exact) mass is 278 g/mol. The highest BCUT2D eigenvalue weighted by Crippen LogP contribution is 2.31. The van der Waals surface area contributed by atoms with Gasteiger partial charge in [-0.25, -0.2) is 4.98 Å². The standard InChI is InChI=1S/C18H18N2O/c1-15-7-9-17(10-8-15)18(21,13-20-12-11-19-14-20)16-5-3-2-4-6-16/h2-12,14,21H,13H2,1H3/t18-/m1/s1. The number of aryl methyl sites for hydroxylation is 1. The topological polar surface area (TPSA) is 38.0 Å². The predicted octanol–water partition coefficient (Wildman–Crippen LogP) is 3.13. The lowest BCUT2D eigenvalue weighted by Gasteiger charge is -2.30. The van der Waals surface area contributed by atoms with Gasteiger partial charge >= 0.3 is 0 Å². The Morgan fingerprint density at radius 2 is 1.67 bits per heavy atom. The summed E-state index contributed by atoms with van der Waals surface area (Å²) in [6.45, 7) is 2.47. The van der Waals surface area contributed by atoms with Gasteiger partial charge in [-0.1, -0.05) is 60.2 Å². The fourth-order valence-electron chi connectivity index (χ4n) is 2.54. The summed E-state index contributed by atoms with van der Waals surface area (Å²) in [5.41, 5.74) is 1.86. The van der Waals surface area contributed by atoms with Gasteiger partial charge in [0.15, 0.2) is 0 Å². The van der Waals surface area contributed by atoms with E-state index < -0.39 is 5.60 Å². The van der Waals surface area contributed by atoms with Crippen LogP contribution in [0.3, 0.4) is 0 Å². The molecule has 21 heavy (non-hydrogen) atoms. The summed E-state index contributed by atoms with van der Waals surface area (Å²) in [6.07, 6.45) is 5.31. The lowest BCUT2D eigenvalue weighted by atomic mass is 9.86. The van der Waals surface area contributed by atoms with Crippen LogP contribution in [0.2, 0.25) is 0 Å². The van der Waals surface area contributed by atoms with Crippen LogP contribution < -0.4 is 0 Å². The van der Waals surface area contributed by atoms with E-state index in [4.69, 9.17) is 0 Å². The van der Waals surface area contributed by atoms with E-state index in [0.29, 0.717) is 6.54 Å². The van der Waals surface area contributed by atoms with Crippen molar-refractivity contribution in [2.24, 2.45) is 0 Å². The Labute approximate surface area is 124 Å². The van der Waals surface area contributed by atoms with Gasteiger partial charge in [0.1, 0.15) is 5.60 Å². The normalized spacial score (nSPS) is 13.8. The number of hydrogen-bond donors (Lipinski definition) is 1. The van der Waals surface area contributed by atoms with Crippen LogP contribution in [0.25, 0.3) is 0 Å². The summed E-state index contributed by atoms with van der Waals surface area (Å²) >= 11 is 0. The molecule has 3 nitrogen and oxygen atoms in total. The zero-order valence-corrected chi connectivity index (χ0v) is 12.0. The van der Waals surface area contributed by atoms with E-state index in [0.717, 1.165) is 11.1 Å². The number of aromatic nitrogens is 2. The molecule has 0 bridgehead atoms. The minimum absolute atomic E-state index is 0.431. The molecule has 0 unspecified atom stereocenters. The molecule has 3 heteroatoms. The summed E-state index contributed by atoms with van der Waals surface area (Å²) in [7, 11) is 0. The Hall–Kier alpha value is -2.39.